The Bertz CT molecular complexity index is 3070. The van der Waals surface area contributed by atoms with E-state index >= 15 is 0 Å². The number of hydrogen-bond acceptors (Lipinski definition) is 9. The van der Waals surface area contributed by atoms with E-state index in [4.69, 9.17) is 14.2 Å². The minimum atomic E-state index is -0.0649. The van der Waals surface area contributed by atoms with E-state index in [-0.39, 0.29) is 20.1 Å². The monoisotopic (exact) mass is 817 g/mol. The summed E-state index contributed by atoms with van der Waals surface area (Å²) in [5.74, 6) is 5.52. The van der Waals surface area contributed by atoms with Crippen molar-refractivity contribution in [3.63, 3.8) is 0 Å². The van der Waals surface area contributed by atoms with Gasteiger partial charge in [0.15, 0.2) is 0 Å². The quantitative estimate of drug-likeness (QED) is 0.124. The molecule has 6 aliphatic rings. The molecule has 0 amide bonds. The van der Waals surface area contributed by atoms with Gasteiger partial charge >= 0.3 is 0 Å². The van der Waals surface area contributed by atoms with Crippen LogP contribution < -0.4 is 77.3 Å². The first-order valence-corrected chi connectivity index (χ1v) is 23.5. The van der Waals surface area contributed by atoms with Gasteiger partial charge in [0.05, 0.1) is 17.1 Å². The van der Waals surface area contributed by atoms with Gasteiger partial charge in [0.1, 0.15) is 34.5 Å². The van der Waals surface area contributed by atoms with Gasteiger partial charge in [-0.3, -0.25) is 8.61 Å². The van der Waals surface area contributed by atoms with Crippen molar-refractivity contribution in [2.45, 2.75) is 18.7 Å². The van der Waals surface area contributed by atoms with Crippen molar-refractivity contribution in [3.8, 4) is 34.5 Å². The molecule has 7 aromatic rings. The van der Waals surface area contributed by atoms with Crippen LogP contribution in [0.25, 0.3) is 0 Å². The smallest absolute Gasteiger partial charge is 0.256 e. The number of anilines is 6. The number of thioether (sulfide) groups is 1. The highest BCUT2D eigenvalue weighted by atomic mass is 32.2. The first-order valence-electron chi connectivity index (χ1n) is 19.9. The van der Waals surface area contributed by atoms with Crippen LogP contribution in [0.4, 0.5) is 34.1 Å². The lowest BCUT2D eigenvalue weighted by atomic mass is 9.30. The molecule has 7 aromatic carbocycles. The summed E-state index contributed by atoms with van der Waals surface area (Å²) in [5.41, 5.74) is 20.3. The van der Waals surface area contributed by atoms with Gasteiger partial charge in [-0.15, -0.1) is 11.8 Å². The van der Waals surface area contributed by atoms with Crippen LogP contribution in [0.2, 0.25) is 0 Å². The van der Waals surface area contributed by atoms with Crippen LogP contribution in [-0.2, 0) is 0 Å². The predicted octanol–water partition coefficient (Wildman–Crippen LogP) is 6.41. The zero-order valence-electron chi connectivity index (χ0n) is 33.0. The summed E-state index contributed by atoms with van der Waals surface area (Å²) in [6.45, 7) is 4.27. The minimum Gasteiger partial charge on any atom is -0.458 e. The fourth-order valence-corrected chi connectivity index (χ4v) is 12.6. The Hall–Kier alpha value is -5.42. The number of aryl methyl sites for hydroxylation is 2. The van der Waals surface area contributed by atoms with Gasteiger partial charge in [0, 0.05) is 40.5 Å². The van der Waals surface area contributed by atoms with Crippen LogP contribution in [0.15, 0.2) is 114 Å². The first-order chi connectivity index (χ1) is 28.9. The summed E-state index contributed by atoms with van der Waals surface area (Å²) in [4.78, 5) is 1.18. The summed E-state index contributed by atoms with van der Waals surface area (Å²) in [5, 5.41) is 3.90. The molecule has 59 heavy (non-hydrogen) atoms. The number of ether oxygens (including phenoxy) is 3. The summed E-state index contributed by atoms with van der Waals surface area (Å²) < 4.78 is 25.3. The number of nitrogens with one attached hydrogen (secondary N) is 1. The molecule has 0 fully saturated rings. The topological polar surface area (TPSA) is 46.2 Å². The second-order valence-electron chi connectivity index (χ2n) is 16.2. The number of fused-ring (bicyclic) bond motifs is 12. The first kappa shape index (κ1) is 34.4. The van der Waals surface area contributed by atoms with E-state index in [9.17, 15) is 0 Å². The van der Waals surface area contributed by atoms with Crippen LogP contribution in [-0.4, -0.2) is 38.9 Å². The molecule has 0 bridgehead atoms. The predicted molar refractivity (Wildman–Crippen MR) is 255 cm³/mol. The summed E-state index contributed by atoms with van der Waals surface area (Å²) in [6.07, 6.45) is 6.47. The van der Waals surface area contributed by atoms with E-state index in [1.165, 1.54) is 82.2 Å². The summed E-state index contributed by atoms with van der Waals surface area (Å²) in [6, 6.07) is 40.4. The van der Waals surface area contributed by atoms with Crippen LogP contribution in [0.5, 0.6) is 34.5 Å². The Balaban J connectivity index is 1.08. The van der Waals surface area contributed by atoms with Gasteiger partial charge in [-0.05, 0) is 159 Å². The van der Waals surface area contributed by atoms with Gasteiger partial charge in [-0.2, -0.15) is 0 Å². The maximum Gasteiger partial charge on any atom is 0.256 e. The van der Waals surface area contributed by atoms with E-state index in [0.29, 0.717) is 0 Å². The molecule has 1 N–H and O–H groups in total. The molecular formula is C47H34B3N3O3S3. The second-order valence-corrected chi connectivity index (χ2v) is 18.5. The normalized spacial score (nSPS) is 14.8. The number of para-hydroxylation sites is 2. The van der Waals surface area contributed by atoms with Crippen LogP contribution in [0.1, 0.15) is 11.1 Å². The van der Waals surface area contributed by atoms with Crippen molar-refractivity contribution >= 4 is 139 Å². The lowest BCUT2D eigenvalue weighted by molar-refractivity contribution is 0.486. The molecule has 6 heterocycles. The molecule has 0 spiro atoms. The Morgan fingerprint density at radius 3 is 1.66 bits per heavy atom. The molecule has 13 rings (SSSR count). The molecule has 0 saturated heterocycles. The standard InChI is InChI=1S/C47H34B3N3O3S3/c1-24-14-34-45-42(16-24)54-39-12-8-6-10-27(39)48(45)29-20-30-35(22-33(29)51-34)52(58-4)37-15-25(2)17-43-46(37)50(30)32-21-31-36(23-41(32)56-43)53(59-5)38-18-26(57-3)19-44-47(38)49(31)28-11-7-9-13-40(28)55-44/h6-23,51H,1-5H3. The maximum atomic E-state index is 7.14. The van der Waals surface area contributed by atoms with E-state index < -0.39 is 0 Å². The average Bonchev–Trinajstić information content (AvgIpc) is 3.24. The van der Waals surface area contributed by atoms with E-state index in [1.54, 1.807) is 35.7 Å². The van der Waals surface area contributed by atoms with Crippen molar-refractivity contribution in [2.24, 2.45) is 0 Å². The molecule has 0 radical (unpaired) electrons. The Morgan fingerprint density at radius 2 is 0.983 bits per heavy atom. The third-order valence-electron chi connectivity index (χ3n) is 13.0. The highest BCUT2D eigenvalue weighted by molar-refractivity contribution is 8.00. The van der Waals surface area contributed by atoms with Gasteiger partial charge in [0.2, 0.25) is 0 Å². The minimum absolute atomic E-state index is 0.000879. The van der Waals surface area contributed by atoms with Crippen molar-refractivity contribution in [3.05, 3.63) is 120 Å². The number of benzene rings is 7. The number of hydrogen-bond donors (Lipinski definition) is 1. The fourth-order valence-electron chi connectivity index (χ4n) is 10.7. The zero-order valence-corrected chi connectivity index (χ0v) is 35.4. The third kappa shape index (κ3) is 4.62. The van der Waals surface area contributed by atoms with E-state index in [1.807, 2.05) is 0 Å². The van der Waals surface area contributed by atoms with Crippen molar-refractivity contribution < 1.29 is 14.2 Å². The van der Waals surface area contributed by atoms with Crippen molar-refractivity contribution in [2.75, 3.05) is 32.7 Å². The Labute approximate surface area is 357 Å². The third-order valence-corrected chi connectivity index (χ3v) is 15.2. The summed E-state index contributed by atoms with van der Waals surface area (Å²) in [7, 11) is 0. The number of nitrogens with zero attached hydrogens (tertiary/aromatic N) is 2. The Kier molecular flexibility index (Phi) is 7.19. The molecule has 6 aliphatic heterocycles. The molecular weight excluding hydrogens is 783 g/mol. The highest BCUT2D eigenvalue weighted by Gasteiger charge is 2.48. The second kappa shape index (κ2) is 12.3. The van der Waals surface area contributed by atoms with Crippen LogP contribution in [0.3, 0.4) is 0 Å². The Morgan fingerprint density at radius 1 is 0.441 bits per heavy atom. The van der Waals surface area contributed by atoms with Crippen molar-refractivity contribution in [1.82, 2.24) is 0 Å². The van der Waals surface area contributed by atoms with Crippen molar-refractivity contribution in [1.29, 1.82) is 0 Å². The molecule has 12 heteroatoms. The molecule has 0 atom stereocenters. The molecule has 0 aliphatic carbocycles. The largest absolute Gasteiger partial charge is 0.458 e. The molecule has 0 saturated carbocycles. The number of rotatable bonds is 3. The SMILES string of the molecule is CSc1cc2c3c(c1)N(SC)c1cc4c(cc1B3c1ccccc1O2)B1c2cc3c(cc2N(SC)c2cc(C)cc(c21)O4)Nc1cc(C)cc2c1B3c1ccccc1O2. The van der Waals surface area contributed by atoms with Gasteiger partial charge in [-0.1, -0.05) is 48.5 Å². The van der Waals surface area contributed by atoms with E-state index in [0.717, 1.165) is 51.6 Å². The maximum absolute atomic E-state index is 7.14. The van der Waals surface area contributed by atoms with Gasteiger partial charge in [0.25, 0.3) is 20.1 Å². The summed E-state index contributed by atoms with van der Waals surface area (Å²) >= 11 is 5.22. The van der Waals surface area contributed by atoms with E-state index in [2.05, 4.69) is 156 Å². The zero-order chi connectivity index (χ0) is 39.4. The molecule has 0 aromatic heterocycles. The van der Waals surface area contributed by atoms with Crippen LogP contribution >= 0.6 is 35.7 Å². The highest BCUT2D eigenvalue weighted by Crippen LogP contribution is 2.45. The fraction of sp³-hybridized carbons (Fsp3) is 0.106. The van der Waals surface area contributed by atoms with Gasteiger partial charge in [-0.25, -0.2) is 0 Å². The van der Waals surface area contributed by atoms with Crippen LogP contribution in [0, 0.1) is 13.8 Å². The molecule has 282 valence electrons. The molecule has 0 unspecified atom stereocenters. The molecule has 6 nitrogen and oxygen atoms in total. The lowest BCUT2D eigenvalue weighted by Gasteiger charge is -2.43. The average molecular weight is 817 g/mol. The lowest BCUT2D eigenvalue weighted by Crippen LogP contribution is -2.64. The van der Waals surface area contributed by atoms with Gasteiger partial charge < -0.3 is 19.5 Å².